The van der Waals surface area contributed by atoms with E-state index in [1.807, 2.05) is 6.92 Å². The summed E-state index contributed by atoms with van der Waals surface area (Å²) in [6.07, 6.45) is 1.47. The average Bonchev–Trinajstić information content (AvgIpc) is 2.56. The van der Waals surface area contributed by atoms with Gasteiger partial charge in [0.2, 0.25) is 0 Å². The molecule has 0 aliphatic carbocycles. The fourth-order valence-corrected chi connectivity index (χ4v) is 0.214. The molecule has 0 aliphatic rings. The molecule has 0 fully saturated rings. The molecule has 0 rings (SSSR count). The maximum absolute atomic E-state index is 9.70. The second kappa shape index (κ2) is 26.6. The van der Waals surface area contributed by atoms with Gasteiger partial charge in [-0.05, 0) is 6.42 Å². The molecule has 0 saturated carbocycles. The summed E-state index contributed by atoms with van der Waals surface area (Å²) in [7, 11) is 0. The van der Waals surface area contributed by atoms with Crippen molar-refractivity contribution in [1.82, 2.24) is 0 Å². The molecule has 10 heteroatoms. The van der Waals surface area contributed by atoms with E-state index in [2.05, 4.69) is 0 Å². The number of aliphatic carboxylic acids is 5. The van der Waals surface area contributed by atoms with Crippen molar-refractivity contribution in [2.75, 3.05) is 0 Å². The molecule has 5 N–H and O–H groups in total. The molecule has 10 nitrogen and oxygen atoms in total. The van der Waals surface area contributed by atoms with Crippen LogP contribution in [-0.2, 0) is 24.0 Å². The molecular formula is C18H36O10. The summed E-state index contributed by atoms with van der Waals surface area (Å²) in [5.41, 5.74) is 0. The Labute approximate surface area is 166 Å². The quantitative estimate of drug-likeness (QED) is 0.433. The van der Waals surface area contributed by atoms with Gasteiger partial charge in [-0.1, -0.05) is 48.5 Å². The first kappa shape index (κ1) is 36.3. The van der Waals surface area contributed by atoms with Crippen molar-refractivity contribution in [2.45, 2.75) is 74.1 Å². The average molecular weight is 412 g/mol. The van der Waals surface area contributed by atoms with Gasteiger partial charge in [0.05, 0.1) is 11.8 Å². The van der Waals surface area contributed by atoms with Gasteiger partial charge in [0, 0.05) is 19.3 Å². The Morgan fingerprint density at radius 1 is 0.571 bits per heavy atom. The van der Waals surface area contributed by atoms with E-state index in [0.29, 0.717) is 6.42 Å². The molecule has 0 bridgehead atoms. The molecular weight excluding hydrogens is 376 g/mol. The summed E-state index contributed by atoms with van der Waals surface area (Å²) < 4.78 is 0. The first-order valence-electron chi connectivity index (χ1n) is 8.71. The monoisotopic (exact) mass is 412 g/mol. The summed E-state index contributed by atoms with van der Waals surface area (Å²) in [4.78, 5) is 47.7. The molecule has 168 valence electrons. The highest BCUT2D eigenvalue weighted by Gasteiger charge is 1.99. The van der Waals surface area contributed by atoms with Gasteiger partial charge in [-0.15, -0.1) is 0 Å². The van der Waals surface area contributed by atoms with Gasteiger partial charge in [-0.2, -0.15) is 0 Å². The third-order valence-corrected chi connectivity index (χ3v) is 2.06. The van der Waals surface area contributed by atoms with Crippen molar-refractivity contribution in [1.29, 1.82) is 0 Å². The zero-order chi connectivity index (χ0) is 23.9. The largest absolute Gasteiger partial charge is 0.481 e. The van der Waals surface area contributed by atoms with Crippen LogP contribution >= 0.6 is 0 Å². The minimum atomic E-state index is -0.745. The molecule has 0 amide bonds. The lowest BCUT2D eigenvalue weighted by atomic mass is 10.2. The van der Waals surface area contributed by atoms with Gasteiger partial charge in [0.15, 0.2) is 0 Å². The van der Waals surface area contributed by atoms with Crippen molar-refractivity contribution < 1.29 is 49.5 Å². The molecule has 0 atom stereocenters. The predicted octanol–water partition coefficient (Wildman–Crippen LogP) is 3.29. The van der Waals surface area contributed by atoms with Crippen LogP contribution in [-0.4, -0.2) is 55.4 Å². The van der Waals surface area contributed by atoms with Crippen LogP contribution in [0.25, 0.3) is 0 Å². The molecule has 0 aromatic carbocycles. The lowest BCUT2D eigenvalue weighted by Crippen LogP contribution is -2.03. The van der Waals surface area contributed by atoms with Gasteiger partial charge in [0.1, 0.15) is 0 Å². The summed E-state index contributed by atoms with van der Waals surface area (Å²) in [5.74, 6) is -4.15. The molecule has 0 aromatic rings. The number of hydrogen-bond donors (Lipinski definition) is 5. The molecule has 0 spiro atoms. The highest BCUT2D eigenvalue weighted by molar-refractivity contribution is 5.69. The minimum Gasteiger partial charge on any atom is -0.481 e. The molecule has 0 heterocycles. The van der Waals surface area contributed by atoms with Crippen LogP contribution in [0.4, 0.5) is 0 Å². The van der Waals surface area contributed by atoms with Crippen molar-refractivity contribution in [3.8, 4) is 0 Å². The van der Waals surface area contributed by atoms with E-state index in [1.165, 1.54) is 0 Å². The van der Waals surface area contributed by atoms with Gasteiger partial charge < -0.3 is 25.5 Å². The number of rotatable bonds is 6. The Morgan fingerprint density at radius 3 is 0.750 bits per heavy atom. The van der Waals surface area contributed by atoms with E-state index in [9.17, 15) is 24.0 Å². The van der Waals surface area contributed by atoms with Crippen molar-refractivity contribution in [2.24, 2.45) is 11.8 Å². The highest BCUT2D eigenvalue weighted by Crippen LogP contribution is 1.87. The molecule has 0 saturated heterocycles. The van der Waals surface area contributed by atoms with Crippen LogP contribution in [0.2, 0.25) is 0 Å². The van der Waals surface area contributed by atoms with Crippen molar-refractivity contribution in [3.05, 3.63) is 0 Å². The van der Waals surface area contributed by atoms with Crippen LogP contribution < -0.4 is 0 Å². The van der Waals surface area contributed by atoms with Crippen LogP contribution in [0.5, 0.6) is 0 Å². The normalized spacial score (nSPS) is 8.32. The predicted molar refractivity (Wildman–Crippen MR) is 103 cm³/mol. The van der Waals surface area contributed by atoms with Gasteiger partial charge in [-0.25, -0.2) is 0 Å². The first-order chi connectivity index (χ1) is 12.6. The lowest BCUT2D eigenvalue weighted by molar-refractivity contribution is -0.141. The summed E-state index contributed by atoms with van der Waals surface area (Å²) in [6, 6.07) is 0. The maximum atomic E-state index is 9.70. The Bertz CT molecular complexity index is 396. The Morgan fingerprint density at radius 2 is 0.750 bits per heavy atom. The smallest absolute Gasteiger partial charge is 0.305 e. The first-order valence-corrected chi connectivity index (χ1v) is 8.71. The number of hydrogen-bond acceptors (Lipinski definition) is 5. The van der Waals surface area contributed by atoms with E-state index in [1.54, 1.807) is 41.5 Å². The summed E-state index contributed by atoms with van der Waals surface area (Å²) >= 11 is 0. The maximum Gasteiger partial charge on any atom is 0.305 e. The van der Waals surface area contributed by atoms with Crippen molar-refractivity contribution >= 4 is 29.8 Å². The number of carboxylic acid groups (broad SMARTS) is 5. The number of carbonyl (C=O) groups is 5. The standard InChI is InChI=1S/3C4H8O2.2C3H6O2/c2*1-3(2)4(5)6;1-2-3-4(5)6;2*1-2-3(4)5/h2*3H,1-2H3,(H,5,6);2-3H2,1H3,(H,5,6);2*2H2,1H3,(H,4,5). The fourth-order valence-electron chi connectivity index (χ4n) is 0.214. The molecule has 28 heavy (non-hydrogen) atoms. The minimum absolute atomic E-state index is 0.222. The summed E-state index contributed by atoms with van der Waals surface area (Å²) in [5, 5.41) is 39.3. The van der Waals surface area contributed by atoms with Gasteiger partial charge in [0.25, 0.3) is 0 Å². The van der Waals surface area contributed by atoms with Crippen molar-refractivity contribution in [3.63, 3.8) is 0 Å². The Kier molecular flexibility index (Phi) is 34.5. The van der Waals surface area contributed by atoms with Crippen LogP contribution in [0.15, 0.2) is 0 Å². The number of carboxylic acids is 5. The van der Waals surface area contributed by atoms with Crippen LogP contribution in [0.3, 0.4) is 0 Å². The van der Waals surface area contributed by atoms with E-state index in [-0.39, 0.29) is 24.7 Å². The van der Waals surface area contributed by atoms with E-state index < -0.39 is 29.8 Å². The van der Waals surface area contributed by atoms with Gasteiger partial charge >= 0.3 is 29.8 Å². The van der Waals surface area contributed by atoms with E-state index in [0.717, 1.165) is 6.42 Å². The Balaban J connectivity index is -0.0000000789. The summed E-state index contributed by atoms with van der Waals surface area (Å²) in [6.45, 7) is 11.6. The molecule has 0 aromatic heterocycles. The third-order valence-electron chi connectivity index (χ3n) is 2.06. The topological polar surface area (TPSA) is 186 Å². The van der Waals surface area contributed by atoms with E-state index >= 15 is 0 Å². The van der Waals surface area contributed by atoms with Crippen LogP contribution in [0.1, 0.15) is 74.1 Å². The molecule has 0 radical (unpaired) electrons. The van der Waals surface area contributed by atoms with E-state index in [4.69, 9.17) is 25.5 Å². The zero-order valence-electron chi connectivity index (χ0n) is 17.8. The second-order valence-electron chi connectivity index (χ2n) is 5.62. The second-order valence-corrected chi connectivity index (χ2v) is 5.62. The Hall–Kier alpha value is -2.65. The van der Waals surface area contributed by atoms with Crippen LogP contribution in [0, 0.1) is 11.8 Å². The third kappa shape index (κ3) is 76.5. The SMILES string of the molecule is CC(C)C(=O)O.CC(C)C(=O)O.CCC(=O)O.CCC(=O)O.CCCC(=O)O. The molecule has 0 aliphatic heterocycles. The lowest BCUT2D eigenvalue weighted by Gasteiger charge is -1.89. The highest BCUT2D eigenvalue weighted by atomic mass is 16.4. The van der Waals surface area contributed by atoms with Gasteiger partial charge in [-0.3, -0.25) is 24.0 Å². The molecule has 0 unspecified atom stereocenters. The fraction of sp³-hybridized carbons (Fsp3) is 0.722. The zero-order valence-corrected chi connectivity index (χ0v) is 17.8.